The summed E-state index contributed by atoms with van der Waals surface area (Å²) in [6.45, 7) is 1.72. The van der Waals surface area contributed by atoms with Gasteiger partial charge >= 0.3 is 0 Å². The van der Waals surface area contributed by atoms with Gasteiger partial charge in [0.1, 0.15) is 0 Å². The van der Waals surface area contributed by atoms with E-state index in [1.54, 1.807) is 0 Å². The largest absolute Gasteiger partial charge is 0.395 e. The van der Waals surface area contributed by atoms with Crippen LogP contribution in [-0.4, -0.2) is 60.0 Å². The minimum atomic E-state index is -0.0765. The van der Waals surface area contributed by atoms with Crippen molar-refractivity contribution in [2.45, 2.75) is 12.8 Å². The van der Waals surface area contributed by atoms with Crippen LogP contribution >= 0.6 is 0 Å². The number of nitrogens with zero attached hydrogens (tertiary/aromatic N) is 2. The predicted molar refractivity (Wildman–Crippen MR) is 50.5 cm³/mol. The van der Waals surface area contributed by atoms with Gasteiger partial charge in [0.05, 0.1) is 6.61 Å². The molecule has 1 N–H and O–H groups in total. The van der Waals surface area contributed by atoms with Crippen LogP contribution in [0.2, 0.25) is 0 Å². The lowest BCUT2D eigenvalue weighted by atomic mass is 10.4. The normalized spacial score (nSPS) is 17.2. The third-order valence-corrected chi connectivity index (χ3v) is 2.34. The minimum absolute atomic E-state index is 0.0765. The summed E-state index contributed by atoms with van der Waals surface area (Å²) >= 11 is 0. The fraction of sp³-hybridized carbons (Fsp3) is 0.778. The molecule has 1 rings (SSSR count). The highest BCUT2D eigenvalue weighted by Gasteiger charge is 2.28. The molecule has 1 fully saturated rings. The van der Waals surface area contributed by atoms with Crippen molar-refractivity contribution < 1.29 is 14.7 Å². The molecule has 0 bridgehead atoms. The number of imide groups is 1. The van der Waals surface area contributed by atoms with E-state index in [1.165, 1.54) is 4.90 Å². The maximum absolute atomic E-state index is 11.2. The Morgan fingerprint density at radius 2 is 1.86 bits per heavy atom. The highest BCUT2D eigenvalue weighted by atomic mass is 16.3. The molecule has 5 nitrogen and oxygen atoms in total. The lowest BCUT2D eigenvalue weighted by molar-refractivity contribution is -0.138. The second-order valence-electron chi connectivity index (χ2n) is 3.47. The second-order valence-corrected chi connectivity index (χ2v) is 3.47. The topological polar surface area (TPSA) is 60.9 Å². The van der Waals surface area contributed by atoms with Crippen LogP contribution in [0.25, 0.3) is 0 Å². The Balaban J connectivity index is 2.30. The van der Waals surface area contributed by atoms with Crippen LogP contribution in [0.1, 0.15) is 12.8 Å². The van der Waals surface area contributed by atoms with Crippen molar-refractivity contribution in [2.24, 2.45) is 0 Å². The van der Waals surface area contributed by atoms with Crippen LogP contribution in [0.3, 0.4) is 0 Å². The lowest BCUT2D eigenvalue weighted by Crippen LogP contribution is -2.37. The van der Waals surface area contributed by atoms with Gasteiger partial charge in [0.25, 0.3) is 0 Å². The standard InChI is InChI=1S/C9H16N2O3/c1-10(6-7-12)4-5-11-8(13)2-3-9(11)14/h12H,2-7H2,1H3. The fourth-order valence-electron chi connectivity index (χ4n) is 1.43. The molecule has 0 aromatic carbocycles. The molecule has 1 aliphatic heterocycles. The molecule has 80 valence electrons. The second kappa shape index (κ2) is 5.07. The van der Waals surface area contributed by atoms with Gasteiger partial charge in [-0.05, 0) is 7.05 Å². The van der Waals surface area contributed by atoms with Gasteiger partial charge in [-0.3, -0.25) is 14.5 Å². The number of likely N-dealkylation sites (tertiary alicyclic amines) is 1. The first-order valence-corrected chi connectivity index (χ1v) is 4.77. The maximum atomic E-state index is 11.2. The minimum Gasteiger partial charge on any atom is -0.395 e. The average molecular weight is 200 g/mol. The van der Waals surface area contributed by atoms with E-state index in [0.717, 1.165) is 0 Å². The first kappa shape index (κ1) is 11.1. The first-order chi connectivity index (χ1) is 6.65. The van der Waals surface area contributed by atoms with Crippen molar-refractivity contribution in [3.63, 3.8) is 0 Å². The van der Waals surface area contributed by atoms with Crippen LogP contribution < -0.4 is 0 Å². The van der Waals surface area contributed by atoms with Crippen LogP contribution in [0.15, 0.2) is 0 Å². The Morgan fingerprint density at radius 3 is 2.36 bits per heavy atom. The number of rotatable bonds is 5. The highest BCUT2D eigenvalue weighted by Crippen LogP contribution is 2.10. The van der Waals surface area contributed by atoms with Gasteiger partial charge in [-0.15, -0.1) is 0 Å². The summed E-state index contributed by atoms with van der Waals surface area (Å²) in [5, 5.41) is 8.64. The van der Waals surface area contributed by atoms with Gasteiger partial charge in [0, 0.05) is 32.5 Å². The molecule has 0 unspecified atom stereocenters. The zero-order valence-electron chi connectivity index (χ0n) is 8.40. The Morgan fingerprint density at radius 1 is 1.29 bits per heavy atom. The average Bonchev–Trinajstić information content (AvgIpc) is 2.44. The molecule has 0 saturated carbocycles. The van der Waals surface area contributed by atoms with Gasteiger partial charge in [-0.25, -0.2) is 0 Å². The summed E-state index contributed by atoms with van der Waals surface area (Å²) in [6.07, 6.45) is 0.699. The van der Waals surface area contributed by atoms with Crippen molar-refractivity contribution in [1.29, 1.82) is 0 Å². The van der Waals surface area contributed by atoms with Gasteiger partial charge in [-0.1, -0.05) is 0 Å². The summed E-state index contributed by atoms with van der Waals surface area (Å²) in [5.74, 6) is -0.153. The van der Waals surface area contributed by atoms with Crippen molar-refractivity contribution in [3.05, 3.63) is 0 Å². The van der Waals surface area contributed by atoms with Gasteiger partial charge in [-0.2, -0.15) is 0 Å². The summed E-state index contributed by atoms with van der Waals surface area (Å²) in [6, 6.07) is 0. The number of hydrogen-bond acceptors (Lipinski definition) is 4. The molecule has 0 aromatic rings. The lowest BCUT2D eigenvalue weighted by Gasteiger charge is -2.19. The van der Waals surface area contributed by atoms with Crippen LogP contribution in [0.4, 0.5) is 0 Å². The Labute approximate surface area is 83.3 Å². The molecule has 5 heteroatoms. The van der Waals surface area contributed by atoms with Crippen molar-refractivity contribution in [3.8, 4) is 0 Å². The molecule has 2 amide bonds. The molecule has 0 aromatic heterocycles. The van der Waals surface area contributed by atoms with E-state index < -0.39 is 0 Å². The van der Waals surface area contributed by atoms with Crippen LogP contribution in [0.5, 0.6) is 0 Å². The molecule has 1 saturated heterocycles. The quantitative estimate of drug-likeness (QED) is 0.582. The molecule has 1 heterocycles. The van der Waals surface area contributed by atoms with Crippen molar-refractivity contribution >= 4 is 11.8 Å². The monoisotopic (exact) mass is 200 g/mol. The van der Waals surface area contributed by atoms with Crippen molar-refractivity contribution in [1.82, 2.24) is 9.80 Å². The molecule has 1 aliphatic rings. The third-order valence-electron chi connectivity index (χ3n) is 2.34. The zero-order valence-corrected chi connectivity index (χ0v) is 8.40. The third kappa shape index (κ3) is 2.78. The van der Waals surface area contributed by atoms with Gasteiger partial charge in [0.15, 0.2) is 0 Å². The number of carbonyl (C=O) groups excluding carboxylic acids is 2. The van der Waals surface area contributed by atoms with E-state index in [-0.39, 0.29) is 18.4 Å². The molecule has 0 aliphatic carbocycles. The summed E-state index contributed by atoms with van der Waals surface area (Å²) < 4.78 is 0. The van der Waals surface area contributed by atoms with Crippen LogP contribution in [-0.2, 0) is 9.59 Å². The predicted octanol–water partition coefficient (Wildman–Crippen LogP) is -0.941. The Hall–Kier alpha value is -0.940. The van der Waals surface area contributed by atoms with Crippen LogP contribution in [0, 0.1) is 0 Å². The Bertz CT molecular complexity index is 214. The highest BCUT2D eigenvalue weighted by molar-refractivity contribution is 6.01. The Kier molecular flexibility index (Phi) is 4.03. The number of carbonyl (C=O) groups is 2. The van der Waals surface area contributed by atoms with Gasteiger partial charge in [0.2, 0.25) is 11.8 Å². The van der Waals surface area contributed by atoms with E-state index in [0.29, 0.717) is 32.5 Å². The van der Waals surface area contributed by atoms with E-state index in [2.05, 4.69) is 0 Å². The maximum Gasteiger partial charge on any atom is 0.229 e. The fourth-order valence-corrected chi connectivity index (χ4v) is 1.43. The first-order valence-electron chi connectivity index (χ1n) is 4.77. The number of aliphatic hydroxyl groups is 1. The molecule has 14 heavy (non-hydrogen) atoms. The van der Waals surface area contributed by atoms with E-state index in [9.17, 15) is 9.59 Å². The number of likely N-dealkylation sites (N-methyl/N-ethyl adjacent to an activating group) is 1. The molecular formula is C9H16N2O3. The smallest absolute Gasteiger partial charge is 0.229 e. The molecule has 0 atom stereocenters. The number of aliphatic hydroxyl groups excluding tert-OH is 1. The van der Waals surface area contributed by atoms with E-state index in [1.807, 2.05) is 11.9 Å². The SMILES string of the molecule is CN(CCO)CCN1C(=O)CCC1=O. The number of amides is 2. The zero-order chi connectivity index (χ0) is 10.6. The molecular weight excluding hydrogens is 184 g/mol. The summed E-state index contributed by atoms with van der Waals surface area (Å²) in [4.78, 5) is 25.6. The van der Waals surface area contributed by atoms with E-state index >= 15 is 0 Å². The van der Waals surface area contributed by atoms with E-state index in [4.69, 9.17) is 5.11 Å². The van der Waals surface area contributed by atoms with Gasteiger partial charge < -0.3 is 10.0 Å². The van der Waals surface area contributed by atoms with Crippen molar-refractivity contribution in [2.75, 3.05) is 33.3 Å². The summed E-state index contributed by atoms with van der Waals surface area (Å²) in [7, 11) is 1.85. The number of hydrogen-bond donors (Lipinski definition) is 1. The molecule has 0 spiro atoms. The summed E-state index contributed by atoms with van der Waals surface area (Å²) in [5.41, 5.74) is 0. The molecule has 0 radical (unpaired) electrons.